The lowest BCUT2D eigenvalue weighted by atomic mass is 9.95. The van der Waals surface area contributed by atoms with Crippen LogP contribution in [0.2, 0.25) is 0 Å². The molecule has 2 unspecified atom stereocenters. The molecule has 0 bridgehead atoms. The van der Waals surface area contributed by atoms with E-state index in [1.807, 2.05) is 0 Å². The van der Waals surface area contributed by atoms with Gasteiger partial charge in [0.1, 0.15) is 5.54 Å². The second-order valence-corrected chi connectivity index (χ2v) is 6.27. The zero-order valence-corrected chi connectivity index (χ0v) is 9.98. The van der Waals surface area contributed by atoms with Gasteiger partial charge in [-0.1, -0.05) is 19.8 Å². The molecule has 1 heterocycles. The summed E-state index contributed by atoms with van der Waals surface area (Å²) in [6, 6.07) is 0.437. The largest absolute Gasteiger partial charge is 0.480 e. The third kappa shape index (κ3) is 2.31. The molecule has 4 heteroatoms. The lowest BCUT2D eigenvalue weighted by Crippen LogP contribution is -2.55. The Bertz CT molecular complexity index is 253. The molecule has 0 aromatic heterocycles. The van der Waals surface area contributed by atoms with Crippen molar-refractivity contribution < 1.29 is 9.90 Å². The quantitative estimate of drug-likeness (QED) is 0.775. The summed E-state index contributed by atoms with van der Waals surface area (Å²) in [4.78, 5) is 11.4. The van der Waals surface area contributed by atoms with Gasteiger partial charge >= 0.3 is 5.97 Å². The van der Waals surface area contributed by atoms with Crippen LogP contribution in [0.5, 0.6) is 0 Å². The number of hydrogen-bond acceptors (Lipinski definition) is 3. The maximum Gasteiger partial charge on any atom is 0.324 e. The maximum absolute atomic E-state index is 11.4. The molecule has 2 fully saturated rings. The first-order valence-corrected chi connectivity index (χ1v) is 6.80. The molecule has 1 saturated heterocycles. The van der Waals surface area contributed by atoms with Crippen LogP contribution in [0.25, 0.3) is 0 Å². The van der Waals surface area contributed by atoms with Crippen LogP contribution in [0.15, 0.2) is 0 Å². The molecular weight excluding hydrogens is 210 g/mol. The predicted molar refractivity (Wildman–Crippen MR) is 62.3 cm³/mol. The Morgan fingerprint density at radius 2 is 2.13 bits per heavy atom. The van der Waals surface area contributed by atoms with Crippen LogP contribution in [0.4, 0.5) is 0 Å². The Labute approximate surface area is 95.0 Å². The molecular formula is C11H19NO2S. The van der Waals surface area contributed by atoms with Gasteiger partial charge in [-0.15, -0.1) is 0 Å². The van der Waals surface area contributed by atoms with E-state index in [0.29, 0.717) is 11.3 Å². The van der Waals surface area contributed by atoms with Crippen LogP contribution in [0.1, 0.15) is 39.0 Å². The van der Waals surface area contributed by atoms with Crippen molar-refractivity contribution in [3.63, 3.8) is 0 Å². The molecule has 0 aromatic rings. The summed E-state index contributed by atoms with van der Waals surface area (Å²) >= 11 is 1.77. The van der Waals surface area contributed by atoms with E-state index < -0.39 is 11.5 Å². The molecule has 15 heavy (non-hydrogen) atoms. The van der Waals surface area contributed by atoms with Crippen molar-refractivity contribution >= 4 is 17.7 Å². The first-order chi connectivity index (χ1) is 7.12. The summed E-state index contributed by atoms with van der Waals surface area (Å²) in [7, 11) is 0. The van der Waals surface area contributed by atoms with E-state index in [4.69, 9.17) is 0 Å². The van der Waals surface area contributed by atoms with E-state index in [0.717, 1.165) is 25.0 Å². The minimum absolute atomic E-state index is 0.437. The van der Waals surface area contributed by atoms with Gasteiger partial charge in [0.25, 0.3) is 0 Å². The van der Waals surface area contributed by atoms with Crippen molar-refractivity contribution in [2.75, 3.05) is 5.75 Å². The molecule has 0 aromatic carbocycles. The lowest BCUT2D eigenvalue weighted by Gasteiger charge is -2.28. The number of hydrogen-bond donors (Lipinski definition) is 2. The monoisotopic (exact) mass is 229 g/mol. The van der Waals surface area contributed by atoms with E-state index >= 15 is 0 Å². The fraction of sp³-hybridized carbons (Fsp3) is 0.909. The second-order valence-electron chi connectivity index (χ2n) is 4.84. The van der Waals surface area contributed by atoms with E-state index in [1.165, 1.54) is 12.8 Å². The van der Waals surface area contributed by atoms with Gasteiger partial charge in [0.15, 0.2) is 0 Å². The van der Waals surface area contributed by atoms with Crippen LogP contribution in [0, 0.1) is 0 Å². The number of carboxylic acids is 1. The fourth-order valence-electron chi connectivity index (χ4n) is 2.67. The number of carbonyl (C=O) groups is 1. The Morgan fingerprint density at radius 1 is 1.47 bits per heavy atom. The normalized spacial score (nSPS) is 37.3. The molecule has 1 saturated carbocycles. The van der Waals surface area contributed by atoms with Crippen LogP contribution in [0.3, 0.4) is 0 Å². The predicted octanol–water partition coefficient (Wildman–Crippen LogP) is 1.87. The zero-order valence-electron chi connectivity index (χ0n) is 9.16. The van der Waals surface area contributed by atoms with E-state index in [1.54, 1.807) is 11.8 Å². The third-order valence-electron chi connectivity index (χ3n) is 3.50. The Balaban J connectivity index is 2.02. The van der Waals surface area contributed by atoms with Crippen LogP contribution >= 0.6 is 11.8 Å². The van der Waals surface area contributed by atoms with Crippen molar-refractivity contribution in [3.8, 4) is 0 Å². The third-order valence-corrected chi connectivity index (χ3v) is 4.89. The number of carboxylic acid groups (broad SMARTS) is 1. The smallest absolute Gasteiger partial charge is 0.324 e. The Kier molecular flexibility index (Phi) is 3.26. The maximum atomic E-state index is 11.4. The highest BCUT2D eigenvalue weighted by Crippen LogP contribution is 2.36. The summed E-state index contributed by atoms with van der Waals surface area (Å²) < 4.78 is 0. The summed E-state index contributed by atoms with van der Waals surface area (Å²) in [5, 5.41) is 13.2. The minimum Gasteiger partial charge on any atom is -0.480 e. The standard InChI is InChI=1S/C11H19NO2S/c1-8-6-11(7-15-8,10(13)14)12-9-4-2-3-5-9/h8-9,12H,2-7H2,1H3,(H,13,14). The summed E-state index contributed by atoms with van der Waals surface area (Å²) in [6.45, 7) is 2.12. The number of thioether (sulfide) groups is 1. The Hall–Kier alpha value is -0.220. The SMILES string of the molecule is CC1CC(NC2CCCC2)(C(=O)O)CS1. The number of nitrogens with one attached hydrogen (secondary N) is 1. The van der Waals surface area contributed by atoms with Crippen molar-refractivity contribution in [2.24, 2.45) is 0 Å². The molecule has 0 radical (unpaired) electrons. The summed E-state index contributed by atoms with van der Waals surface area (Å²) in [5.41, 5.74) is -0.640. The summed E-state index contributed by atoms with van der Waals surface area (Å²) in [6.07, 6.45) is 5.55. The van der Waals surface area contributed by atoms with E-state index in [2.05, 4.69) is 12.2 Å². The Morgan fingerprint density at radius 3 is 2.60 bits per heavy atom. The minimum atomic E-state index is -0.661. The first kappa shape index (κ1) is 11.3. The average molecular weight is 229 g/mol. The van der Waals surface area contributed by atoms with Gasteiger partial charge in [-0.25, -0.2) is 0 Å². The van der Waals surface area contributed by atoms with Gasteiger partial charge in [-0.2, -0.15) is 11.8 Å². The van der Waals surface area contributed by atoms with Crippen molar-refractivity contribution in [3.05, 3.63) is 0 Å². The second kappa shape index (κ2) is 4.34. The fourth-order valence-corrected chi connectivity index (χ4v) is 3.96. The number of aliphatic carboxylic acids is 1. The molecule has 3 nitrogen and oxygen atoms in total. The van der Waals surface area contributed by atoms with Gasteiger partial charge in [0, 0.05) is 17.0 Å². The molecule has 86 valence electrons. The van der Waals surface area contributed by atoms with Crippen molar-refractivity contribution in [1.82, 2.24) is 5.32 Å². The van der Waals surface area contributed by atoms with Crippen LogP contribution < -0.4 is 5.32 Å². The van der Waals surface area contributed by atoms with E-state index in [-0.39, 0.29) is 0 Å². The highest BCUT2D eigenvalue weighted by Gasteiger charge is 2.46. The van der Waals surface area contributed by atoms with E-state index in [9.17, 15) is 9.90 Å². The van der Waals surface area contributed by atoms with Gasteiger partial charge in [-0.05, 0) is 19.3 Å². The van der Waals surface area contributed by atoms with Gasteiger partial charge < -0.3 is 5.11 Å². The molecule has 0 amide bonds. The first-order valence-electron chi connectivity index (χ1n) is 5.75. The highest BCUT2D eigenvalue weighted by atomic mass is 32.2. The van der Waals surface area contributed by atoms with Crippen molar-refractivity contribution in [1.29, 1.82) is 0 Å². The van der Waals surface area contributed by atoms with Crippen LogP contribution in [-0.2, 0) is 4.79 Å². The molecule has 1 aliphatic carbocycles. The molecule has 2 atom stereocenters. The van der Waals surface area contributed by atoms with Crippen LogP contribution in [-0.4, -0.2) is 33.7 Å². The van der Waals surface area contributed by atoms with Gasteiger partial charge in [0.05, 0.1) is 0 Å². The lowest BCUT2D eigenvalue weighted by molar-refractivity contribution is -0.144. The zero-order chi connectivity index (χ0) is 10.9. The molecule has 0 spiro atoms. The van der Waals surface area contributed by atoms with Crippen molar-refractivity contribution in [2.45, 2.75) is 55.9 Å². The summed E-state index contributed by atoms with van der Waals surface area (Å²) in [5.74, 6) is 0.0613. The molecule has 1 aliphatic heterocycles. The number of rotatable bonds is 3. The van der Waals surface area contributed by atoms with Gasteiger partial charge in [0.2, 0.25) is 0 Å². The van der Waals surface area contributed by atoms with Gasteiger partial charge in [-0.3, -0.25) is 10.1 Å². The molecule has 2 rings (SSSR count). The topological polar surface area (TPSA) is 49.3 Å². The molecule has 2 N–H and O–H groups in total. The molecule has 2 aliphatic rings. The highest BCUT2D eigenvalue weighted by molar-refractivity contribution is 8.00. The average Bonchev–Trinajstić information content (AvgIpc) is 2.77.